The van der Waals surface area contributed by atoms with Gasteiger partial charge in [0.05, 0.1) is 10.9 Å². The Balaban J connectivity index is 1.37. The molecule has 2 amide bonds. The largest absolute Gasteiger partial charge is 0.326 e. The maximum absolute atomic E-state index is 12.6. The second-order valence-electron chi connectivity index (χ2n) is 6.65. The molecule has 3 aromatic rings. The van der Waals surface area contributed by atoms with Crippen molar-refractivity contribution in [2.24, 2.45) is 0 Å². The summed E-state index contributed by atoms with van der Waals surface area (Å²) in [5, 5.41) is 6.30. The number of halogens is 1. The average Bonchev–Trinajstić information content (AvgIpc) is 2.75. The molecule has 152 valence electrons. The van der Waals surface area contributed by atoms with Gasteiger partial charge in [-0.25, -0.2) is 0 Å². The Morgan fingerprint density at radius 2 is 1.73 bits per heavy atom. The molecule has 1 aliphatic heterocycles. The van der Waals surface area contributed by atoms with Crippen LogP contribution in [0.1, 0.15) is 17.3 Å². The van der Waals surface area contributed by atoms with Gasteiger partial charge in [0, 0.05) is 31.8 Å². The van der Waals surface area contributed by atoms with Gasteiger partial charge in [-0.3, -0.25) is 9.59 Å². The number of benzene rings is 3. The molecule has 4 rings (SSSR count). The van der Waals surface area contributed by atoms with E-state index in [1.807, 2.05) is 61.5 Å². The lowest BCUT2D eigenvalue weighted by Crippen LogP contribution is -2.26. The van der Waals surface area contributed by atoms with Crippen molar-refractivity contribution >= 4 is 64.2 Å². The fourth-order valence-corrected chi connectivity index (χ4v) is 4.50. The van der Waals surface area contributed by atoms with Gasteiger partial charge < -0.3 is 15.4 Å². The highest BCUT2D eigenvalue weighted by atomic mass is 35.5. The Kier molecular flexibility index (Phi) is 6.22. The Bertz CT molecular complexity index is 1090. The smallest absolute Gasteiger partial charge is 0.255 e. The summed E-state index contributed by atoms with van der Waals surface area (Å²) < 4.78 is 3.24. The predicted molar refractivity (Wildman–Crippen MR) is 126 cm³/mol. The maximum Gasteiger partial charge on any atom is 0.255 e. The zero-order chi connectivity index (χ0) is 21.1. The highest BCUT2D eigenvalue weighted by Crippen LogP contribution is 2.36. The van der Waals surface area contributed by atoms with Crippen LogP contribution in [0, 0.1) is 0 Å². The molecule has 5 nitrogen and oxygen atoms in total. The summed E-state index contributed by atoms with van der Waals surface area (Å²) in [5.74, 6) is -0.277. The fourth-order valence-electron chi connectivity index (χ4n) is 2.80. The monoisotopic (exact) mass is 455 g/mol. The van der Waals surface area contributed by atoms with E-state index in [1.165, 1.54) is 23.7 Å². The summed E-state index contributed by atoms with van der Waals surface area (Å²) in [5.41, 5.74) is 2.82. The molecule has 30 heavy (non-hydrogen) atoms. The Labute approximate surface area is 188 Å². The molecule has 1 unspecified atom stereocenters. The molecule has 1 heterocycles. The lowest BCUT2D eigenvalue weighted by Gasteiger charge is -2.21. The minimum absolute atomic E-state index is 0.0506. The summed E-state index contributed by atoms with van der Waals surface area (Å²) in [7, 11) is 0. The van der Waals surface area contributed by atoms with E-state index in [0.29, 0.717) is 22.0 Å². The van der Waals surface area contributed by atoms with Gasteiger partial charge in [-0.05, 0) is 85.6 Å². The van der Waals surface area contributed by atoms with Crippen LogP contribution in [0.15, 0.2) is 76.5 Å². The van der Waals surface area contributed by atoms with Gasteiger partial charge in [0.1, 0.15) is 0 Å². The minimum atomic E-state index is -0.227. The number of amides is 2. The first kappa shape index (κ1) is 20.7. The number of thioether (sulfide) groups is 1. The van der Waals surface area contributed by atoms with E-state index in [2.05, 4.69) is 15.4 Å². The standard InChI is InChI=1S/C22H18ClN3O2S2/c1-13-21(27)25-19-12-14(2-11-20(19)29-13)22(28)24-16-7-9-18(10-8-16)30-26-17-5-3-15(23)4-6-17/h2-13,26H,1H3,(H,24,28)(H,25,27). The van der Waals surface area contributed by atoms with Crippen LogP contribution in [0.4, 0.5) is 17.1 Å². The van der Waals surface area contributed by atoms with E-state index in [4.69, 9.17) is 11.6 Å². The second kappa shape index (κ2) is 9.04. The maximum atomic E-state index is 12.6. The molecule has 0 aromatic heterocycles. The molecule has 0 aliphatic carbocycles. The molecule has 0 spiro atoms. The van der Waals surface area contributed by atoms with Crippen molar-refractivity contribution in [3.05, 3.63) is 77.3 Å². The van der Waals surface area contributed by atoms with Gasteiger partial charge in [0.25, 0.3) is 5.91 Å². The van der Waals surface area contributed by atoms with Crippen molar-refractivity contribution < 1.29 is 9.59 Å². The fraction of sp³-hybridized carbons (Fsp3) is 0.0909. The van der Waals surface area contributed by atoms with E-state index in [0.717, 1.165) is 15.5 Å². The van der Waals surface area contributed by atoms with E-state index in [-0.39, 0.29) is 17.1 Å². The number of rotatable bonds is 5. The van der Waals surface area contributed by atoms with Crippen molar-refractivity contribution in [1.82, 2.24) is 0 Å². The van der Waals surface area contributed by atoms with Crippen LogP contribution in [-0.4, -0.2) is 17.1 Å². The van der Waals surface area contributed by atoms with Gasteiger partial charge in [0.15, 0.2) is 0 Å². The third kappa shape index (κ3) is 4.92. The third-order valence-electron chi connectivity index (χ3n) is 4.42. The third-order valence-corrected chi connectivity index (χ3v) is 6.69. The molecule has 0 fully saturated rings. The van der Waals surface area contributed by atoms with E-state index in [1.54, 1.807) is 12.1 Å². The summed E-state index contributed by atoms with van der Waals surface area (Å²) in [6.07, 6.45) is 0. The molecule has 3 N–H and O–H groups in total. The van der Waals surface area contributed by atoms with Crippen LogP contribution in [0.3, 0.4) is 0 Å². The second-order valence-corrected chi connectivity index (χ2v) is 9.35. The molecule has 0 bridgehead atoms. The predicted octanol–water partition coefficient (Wildman–Crippen LogP) is 6.14. The highest BCUT2D eigenvalue weighted by Gasteiger charge is 2.23. The molecular weight excluding hydrogens is 438 g/mol. The molecule has 8 heteroatoms. The van der Waals surface area contributed by atoms with E-state index < -0.39 is 0 Å². The lowest BCUT2D eigenvalue weighted by atomic mass is 10.1. The van der Waals surface area contributed by atoms with Crippen molar-refractivity contribution in [3.63, 3.8) is 0 Å². The minimum Gasteiger partial charge on any atom is -0.326 e. The van der Waals surface area contributed by atoms with Crippen LogP contribution in [-0.2, 0) is 4.79 Å². The molecule has 3 aromatic carbocycles. The highest BCUT2D eigenvalue weighted by molar-refractivity contribution is 8.01. The van der Waals surface area contributed by atoms with Gasteiger partial charge in [0.2, 0.25) is 5.91 Å². The summed E-state index contributed by atoms with van der Waals surface area (Å²) >= 11 is 8.85. The number of hydrogen-bond acceptors (Lipinski definition) is 5. The summed E-state index contributed by atoms with van der Waals surface area (Å²) in [4.78, 5) is 26.5. The van der Waals surface area contributed by atoms with E-state index >= 15 is 0 Å². The molecule has 1 atom stereocenters. The van der Waals surface area contributed by atoms with Crippen molar-refractivity contribution in [2.75, 3.05) is 15.4 Å². The Morgan fingerprint density at radius 3 is 2.47 bits per heavy atom. The van der Waals surface area contributed by atoms with Gasteiger partial charge in [-0.1, -0.05) is 11.6 Å². The van der Waals surface area contributed by atoms with Crippen LogP contribution in [0.25, 0.3) is 0 Å². The molecular formula is C22H18ClN3O2S2. The first-order valence-corrected chi connectivity index (χ1v) is 11.3. The normalized spacial score (nSPS) is 15.1. The van der Waals surface area contributed by atoms with Crippen LogP contribution >= 0.6 is 35.3 Å². The zero-order valence-electron chi connectivity index (χ0n) is 15.9. The number of nitrogens with one attached hydrogen (secondary N) is 3. The SMILES string of the molecule is CC1Sc2ccc(C(=O)Nc3ccc(SNc4ccc(Cl)cc4)cc3)cc2NC1=O. The van der Waals surface area contributed by atoms with Crippen molar-refractivity contribution in [3.8, 4) is 0 Å². The summed E-state index contributed by atoms with van der Waals surface area (Å²) in [6, 6.07) is 20.4. The Morgan fingerprint density at radius 1 is 1.03 bits per heavy atom. The number of hydrogen-bond donors (Lipinski definition) is 3. The number of fused-ring (bicyclic) bond motifs is 1. The van der Waals surface area contributed by atoms with Crippen LogP contribution in [0.5, 0.6) is 0 Å². The van der Waals surface area contributed by atoms with Gasteiger partial charge >= 0.3 is 0 Å². The molecule has 0 saturated heterocycles. The number of carbonyl (C=O) groups excluding carboxylic acids is 2. The lowest BCUT2D eigenvalue weighted by molar-refractivity contribution is -0.115. The average molecular weight is 456 g/mol. The van der Waals surface area contributed by atoms with Crippen LogP contribution < -0.4 is 15.4 Å². The van der Waals surface area contributed by atoms with Crippen molar-refractivity contribution in [2.45, 2.75) is 22.0 Å². The quantitative estimate of drug-likeness (QED) is 0.403. The van der Waals surface area contributed by atoms with Crippen LogP contribution in [0.2, 0.25) is 5.02 Å². The first-order valence-electron chi connectivity index (χ1n) is 9.19. The zero-order valence-corrected chi connectivity index (χ0v) is 18.3. The molecule has 0 saturated carbocycles. The van der Waals surface area contributed by atoms with E-state index in [9.17, 15) is 9.59 Å². The van der Waals surface area contributed by atoms with Gasteiger partial charge in [-0.15, -0.1) is 11.8 Å². The number of anilines is 3. The van der Waals surface area contributed by atoms with Crippen molar-refractivity contribution in [1.29, 1.82) is 0 Å². The van der Waals surface area contributed by atoms with Gasteiger partial charge in [-0.2, -0.15) is 0 Å². The molecule has 1 aliphatic rings. The topological polar surface area (TPSA) is 70.2 Å². The summed E-state index contributed by atoms with van der Waals surface area (Å²) in [6.45, 7) is 1.86. The molecule has 0 radical (unpaired) electrons. The first-order chi connectivity index (χ1) is 14.5. The Hall–Kier alpha value is -2.61. The number of carbonyl (C=O) groups is 2.